The maximum atomic E-state index is 12.9. The third-order valence-electron chi connectivity index (χ3n) is 2.18. The second kappa shape index (κ2) is 6.35. The van der Waals surface area contributed by atoms with Gasteiger partial charge < -0.3 is 10.0 Å². The van der Waals surface area contributed by atoms with Gasteiger partial charge in [0, 0.05) is 13.1 Å². The number of rotatable bonds is 6. The molecule has 0 fully saturated rings. The van der Waals surface area contributed by atoms with Crippen LogP contribution in [0.25, 0.3) is 0 Å². The van der Waals surface area contributed by atoms with E-state index in [1.54, 1.807) is 12.1 Å². The van der Waals surface area contributed by atoms with E-state index in [9.17, 15) is 4.39 Å². The molecule has 0 amide bonds. The maximum Gasteiger partial charge on any atom is 0.214 e. The van der Waals surface area contributed by atoms with Gasteiger partial charge in [-0.25, -0.2) is 4.98 Å². The molecule has 4 heteroatoms. The number of halogens is 1. The number of aliphatic hydroxyl groups excluding tert-OH is 1. The Labute approximate surface area is 89.6 Å². The number of anilines is 1. The molecule has 0 aliphatic rings. The van der Waals surface area contributed by atoms with Gasteiger partial charge in [-0.2, -0.15) is 4.39 Å². The first-order valence-electron chi connectivity index (χ1n) is 5.26. The van der Waals surface area contributed by atoms with Gasteiger partial charge in [-0.3, -0.25) is 0 Å². The molecule has 0 saturated heterocycles. The smallest absolute Gasteiger partial charge is 0.214 e. The van der Waals surface area contributed by atoms with E-state index >= 15 is 0 Å². The largest absolute Gasteiger partial charge is 0.395 e. The van der Waals surface area contributed by atoms with E-state index in [2.05, 4.69) is 11.9 Å². The summed E-state index contributed by atoms with van der Waals surface area (Å²) in [6, 6.07) is 4.71. The third-order valence-corrected chi connectivity index (χ3v) is 2.18. The minimum Gasteiger partial charge on any atom is -0.395 e. The number of aliphatic hydroxyl groups is 1. The molecule has 1 rings (SSSR count). The number of pyridine rings is 1. The molecule has 1 N–H and O–H groups in total. The number of nitrogens with zero attached hydrogens (tertiary/aromatic N) is 2. The average Bonchev–Trinajstić information content (AvgIpc) is 2.24. The van der Waals surface area contributed by atoms with Crippen LogP contribution in [0.4, 0.5) is 10.2 Å². The Bertz CT molecular complexity index is 294. The molecular formula is C11H17FN2O. The Morgan fingerprint density at radius 2 is 2.20 bits per heavy atom. The number of hydrogen-bond donors (Lipinski definition) is 1. The van der Waals surface area contributed by atoms with Gasteiger partial charge in [-0.1, -0.05) is 19.4 Å². The van der Waals surface area contributed by atoms with E-state index in [4.69, 9.17) is 5.11 Å². The maximum absolute atomic E-state index is 12.9. The molecule has 0 aliphatic heterocycles. The Kier molecular flexibility index (Phi) is 5.04. The molecule has 0 spiro atoms. The van der Waals surface area contributed by atoms with Gasteiger partial charge in [0.2, 0.25) is 5.95 Å². The Balaban J connectivity index is 2.69. The van der Waals surface area contributed by atoms with Crippen molar-refractivity contribution in [2.75, 3.05) is 24.6 Å². The predicted octanol–water partition coefficient (Wildman–Crippen LogP) is 1.82. The fraction of sp³-hybridized carbons (Fsp3) is 0.545. The Hall–Kier alpha value is -1.16. The number of aromatic nitrogens is 1. The van der Waals surface area contributed by atoms with Gasteiger partial charge >= 0.3 is 0 Å². The van der Waals surface area contributed by atoms with Crippen molar-refractivity contribution in [3.8, 4) is 0 Å². The lowest BCUT2D eigenvalue weighted by Gasteiger charge is -2.22. The van der Waals surface area contributed by atoms with E-state index in [1.807, 2.05) is 4.90 Å². The van der Waals surface area contributed by atoms with Crippen molar-refractivity contribution in [1.82, 2.24) is 4.98 Å². The van der Waals surface area contributed by atoms with Crippen LogP contribution in [-0.2, 0) is 0 Å². The van der Waals surface area contributed by atoms with Crippen LogP contribution in [0.2, 0.25) is 0 Å². The standard InChI is InChI=1S/C11H17FN2O/c1-2-3-7-14(8-9-15)11-6-4-5-10(12)13-11/h4-6,15H,2-3,7-9H2,1H3. The summed E-state index contributed by atoms with van der Waals surface area (Å²) in [4.78, 5) is 5.69. The molecule has 1 aromatic rings. The summed E-state index contributed by atoms with van der Waals surface area (Å²) < 4.78 is 12.9. The first-order chi connectivity index (χ1) is 7.27. The van der Waals surface area contributed by atoms with E-state index in [1.165, 1.54) is 6.07 Å². The van der Waals surface area contributed by atoms with Crippen molar-refractivity contribution >= 4 is 5.82 Å². The fourth-order valence-corrected chi connectivity index (χ4v) is 1.38. The summed E-state index contributed by atoms with van der Waals surface area (Å²) in [5, 5.41) is 8.90. The van der Waals surface area contributed by atoms with Crippen LogP contribution in [0.15, 0.2) is 18.2 Å². The molecule has 0 unspecified atom stereocenters. The lowest BCUT2D eigenvalue weighted by atomic mass is 10.3. The molecular weight excluding hydrogens is 195 g/mol. The van der Waals surface area contributed by atoms with Crippen molar-refractivity contribution in [1.29, 1.82) is 0 Å². The van der Waals surface area contributed by atoms with Crippen molar-refractivity contribution in [2.24, 2.45) is 0 Å². The highest BCUT2D eigenvalue weighted by Gasteiger charge is 2.06. The molecule has 84 valence electrons. The SMILES string of the molecule is CCCCN(CCO)c1cccc(F)n1. The molecule has 15 heavy (non-hydrogen) atoms. The third kappa shape index (κ3) is 3.83. The normalized spacial score (nSPS) is 10.3. The molecule has 0 atom stereocenters. The van der Waals surface area contributed by atoms with Crippen LogP contribution < -0.4 is 4.90 Å². The van der Waals surface area contributed by atoms with E-state index in [-0.39, 0.29) is 6.61 Å². The zero-order valence-corrected chi connectivity index (χ0v) is 8.99. The van der Waals surface area contributed by atoms with Gasteiger partial charge in [-0.15, -0.1) is 0 Å². The van der Waals surface area contributed by atoms with Crippen molar-refractivity contribution in [3.05, 3.63) is 24.1 Å². The molecule has 3 nitrogen and oxygen atoms in total. The summed E-state index contributed by atoms with van der Waals surface area (Å²) in [5.74, 6) is 0.115. The highest BCUT2D eigenvalue weighted by atomic mass is 19.1. The van der Waals surface area contributed by atoms with E-state index < -0.39 is 5.95 Å². The van der Waals surface area contributed by atoms with Gasteiger partial charge in [0.25, 0.3) is 0 Å². The van der Waals surface area contributed by atoms with Gasteiger partial charge in [0.1, 0.15) is 5.82 Å². The van der Waals surface area contributed by atoms with Crippen LogP contribution in [-0.4, -0.2) is 29.8 Å². The topological polar surface area (TPSA) is 36.4 Å². The lowest BCUT2D eigenvalue weighted by molar-refractivity contribution is 0.301. The summed E-state index contributed by atoms with van der Waals surface area (Å²) in [6.07, 6.45) is 2.08. The van der Waals surface area contributed by atoms with Crippen LogP contribution in [0, 0.1) is 5.95 Å². The minimum absolute atomic E-state index is 0.0574. The number of unbranched alkanes of at least 4 members (excludes halogenated alkanes) is 1. The minimum atomic E-state index is -0.480. The van der Waals surface area contributed by atoms with E-state index in [0.717, 1.165) is 19.4 Å². The second-order valence-electron chi connectivity index (χ2n) is 3.38. The van der Waals surface area contributed by atoms with Gasteiger partial charge in [0.15, 0.2) is 0 Å². The molecule has 0 aromatic carbocycles. The van der Waals surface area contributed by atoms with Gasteiger partial charge in [-0.05, 0) is 18.6 Å². The highest BCUT2D eigenvalue weighted by Crippen LogP contribution is 2.11. The first kappa shape index (κ1) is 11.9. The van der Waals surface area contributed by atoms with Crippen molar-refractivity contribution in [2.45, 2.75) is 19.8 Å². The molecule has 1 heterocycles. The summed E-state index contributed by atoms with van der Waals surface area (Å²) in [6.45, 7) is 3.45. The van der Waals surface area contributed by atoms with Crippen LogP contribution in [0.1, 0.15) is 19.8 Å². The zero-order valence-electron chi connectivity index (χ0n) is 8.99. The van der Waals surface area contributed by atoms with Crippen LogP contribution >= 0.6 is 0 Å². The number of hydrogen-bond acceptors (Lipinski definition) is 3. The van der Waals surface area contributed by atoms with Gasteiger partial charge in [0.05, 0.1) is 6.61 Å². The lowest BCUT2D eigenvalue weighted by Crippen LogP contribution is -2.28. The van der Waals surface area contributed by atoms with Crippen LogP contribution in [0.3, 0.4) is 0 Å². The highest BCUT2D eigenvalue weighted by molar-refractivity contribution is 5.37. The first-order valence-corrected chi connectivity index (χ1v) is 5.26. The Morgan fingerprint density at radius 1 is 1.40 bits per heavy atom. The van der Waals surface area contributed by atoms with Crippen LogP contribution in [0.5, 0.6) is 0 Å². The second-order valence-corrected chi connectivity index (χ2v) is 3.38. The monoisotopic (exact) mass is 212 g/mol. The van der Waals surface area contributed by atoms with Crippen molar-refractivity contribution in [3.63, 3.8) is 0 Å². The molecule has 0 radical (unpaired) electrons. The Morgan fingerprint density at radius 3 is 2.80 bits per heavy atom. The summed E-state index contributed by atoms with van der Waals surface area (Å²) in [7, 11) is 0. The summed E-state index contributed by atoms with van der Waals surface area (Å²) in [5.41, 5.74) is 0. The fourth-order valence-electron chi connectivity index (χ4n) is 1.38. The zero-order chi connectivity index (χ0) is 11.1. The summed E-state index contributed by atoms with van der Waals surface area (Å²) >= 11 is 0. The van der Waals surface area contributed by atoms with E-state index in [0.29, 0.717) is 12.4 Å². The molecule has 0 bridgehead atoms. The molecule has 1 aromatic heterocycles. The van der Waals surface area contributed by atoms with Crippen molar-refractivity contribution < 1.29 is 9.50 Å². The molecule has 0 aliphatic carbocycles. The molecule has 0 saturated carbocycles. The average molecular weight is 212 g/mol. The quantitative estimate of drug-likeness (QED) is 0.731. The predicted molar refractivity (Wildman–Crippen MR) is 58.4 cm³/mol.